The Bertz CT molecular complexity index is 534. The number of carbonyl (C=O) groups is 1. The maximum Gasteiger partial charge on any atom is 0.342 e. The molecule has 0 bridgehead atoms. The van der Waals surface area contributed by atoms with Crippen molar-refractivity contribution >= 4 is 23.1 Å². The maximum absolute atomic E-state index is 11.9. The Balaban J connectivity index is 2.04. The summed E-state index contributed by atoms with van der Waals surface area (Å²) in [7, 11) is 0. The molecule has 1 aliphatic carbocycles. The third-order valence-corrected chi connectivity index (χ3v) is 3.20. The van der Waals surface area contributed by atoms with Gasteiger partial charge in [-0.05, 0) is 24.1 Å². The van der Waals surface area contributed by atoms with Crippen LogP contribution in [-0.2, 0) is 9.53 Å². The largest absolute Gasteiger partial charge is 0.462 e. The number of carbonyl (C=O) groups excluding carboxylic acids is 1. The molecule has 1 aromatic carbocycles. The molecule has 0 spiro atoms. The predicted molar refractivity (Wildman–Crippen MR) is 79.4 cm³/mol. The van der Waals surface area contributed by atoms with Gasteiger partial charge in [0.1, 0.15) is 6.61 Å². The highest BCUT2D eigenvalue weighted by Crippen LogP contribution is 2.27. The summed E-state index contributed by atoms with van der Waals surface area (Å²) < 4.78 is 4.99. The molecule has 3 nitrogen and oxygen atoms in total. The van der Waals surface area contributed by atoms with Crippen molar-refractivity contribution in [3.8, 4) is 0 Å². The first-order valence-corrected chi connectivity index (χ1v) is 6.93. The van der Waals surface area contributed by atoms with E-state index in [1.165, 1.54) is 6.08 Å². The minimum atomic E-state index is -1.59. The average Bonchev–Trinajstić information content (AvgIpc) is 2.46. The monoisotopic (exact) mass is 292 g/mol. The molecule has 1 aromatic rings. The van der Waals surface area contributed by atoms with E-state index in [0.29, 0.717) is 0 Å². The Morgan fingerprint density at radius 1 is 1.45 bits per heavy atom. The molecular weight excluding hydrogens is 276 g/mol. The van der Waals surface area contributed by atoms with Gasteiger partial charge in [0, 0.05) is 6.42 Å². The smallest absolute Gasteiger partial charge is 0.342 e. The summed E-state index contributed by atoms with van der Waals surface area (Å²) in [5.74, 6) is -0.662. The minimum absolute atomic E-state index is 0.0891. The van der Waals surface area contributed by atoms with E-state index in [-0.39, 0.29) is 18.4 Å². The second-order valence-corrected chi connectivity index (χ2v) is 5.61. The fourth-order valence-corrected chi connectivity index (χ4v) is 2.00. The SMILES string of the molecule is CC(Cl)COC(=O)C1(O)C=CC(c2ccccc2)=CC1. The van der Waals surface area contributed by atoms with Crippen molar-refractivity contribution in [3.05, 3.63) is 54.1 Å². The molecule has 4 heteroatoms. The summed E-state index contributed by atoms with van der Waals surface area (Å²) in [6, 6.07) is 9.79. The highest BCUT2D eigenvalue weighted by Gasteiger charge is 2.35. The van der Waals surface area contributed by atoms with Crippen LogP contribution >= 0.6 is 11.6 Å². The first-order valence-electron chi connectivity index (χ1n) is 6.50. The van der Waals surface area contributed by atoms with Gasteiger partial charge in [-0.15, -0.1) is 11.6 Å². The van der Waals surface area contributed by atoms with Crippen molar-refractivity contribution < 1.29 is 14.6 Å². The lowest BCUT2D eigenvalue weighted by Gasteiger charge is -2.24. The van der Waals surface area contributed by atoms with Gasteiger partial charge in [0.15, 0.2) is 5.60 Å². The Morgan fingerprint density at radius 3 is 2.70 bits per heavy atom. The molecule has 0 heterocycles. The van der Waals surface area contributed by atoms with Crippen LogP contribution in [0, 0.1) is 0 Å². The zero-order valence-electron chi connectivity index (χ0n) is 11.3. The number of benzene rings is 1. The number of esters is 1. The third kappa shape index (κ3) is 3.50. The molecule has 1 aliphatic rings. The number of rotatable bonds is 4. The molecule has 0 fully saturated rings. The molecule has 1 N–H and O–H groups in total. The molecule has 0 aromatic heterocycles. The summed E-state index contributed by atoms with van der Waals surface area (Å²) >= 11 is 5.72. The van der Waals surface area contributed by atoms with Crippen LogP contribution < -0.4 is 0 Å². The van der Waals surface area contributed by atoms with Gasteiger partial charge in [0.25, 0.3) is 0 Å². The molecule has 106 valence electrons. The number of allylic oxidation sites excluding steroid dienone is 2. The lowest BCUT2D eigenvalue weighted by molar-refractivity contribution is -0.160. The van der Waals surface area contributed by atoms with Gasteiger partial charge >= 0.3 is 5.97 Å². The Hall–Kier alpha value is -1.58. The first-order chi connectivity index (χ1) is 9.51. The summed E-state index contributed by atoms with van der Waals surface area (Å²) in [5, 5.41) is 10.00. The predicted octanol–water partition coefficient (Wildman–Crippen LogP) is 2.93. The van der Waals surface area contributed by atoms with Crippen LogP contribution in [0.4, 0.5) is 0 Å². The van der Waals surface area contributed by atoms with Gasteiger partial charge in [0.05, 0.1) is 5.38 Å². The summed E-state index contributed by atoms with van der Waals surface area (Å²) in [6.07, 6.45) is 5.25. The Labute approximate surface area is 123 Å². The van der Waals surface area contributed by atoms with Crippen LogP contribution in [0.15, 0.2) is 48.6 Å². The van der Waals surface area contributed by atoms with Crippen LogP contribution in [0.5, 0.6) is 0 Å². The number of hydrogen-bond acceptors (Lipinski definition) is 3. The van der Waals surface area contributed by atoms with E-state index < -0.39 is 11.6 Å². The standard InChI is InChI=1S/C16H17ClO3/c1-12(17)11-20-15(18)16(19)9-7-14(8-10-16)13-5-3-2-4-6-13/h2-9,12,19H,10-11H2,1H3. The minimum Gasteiger partial charge on any atom is -0.462 e. The van der Waals surface area contributed by atoms with Crippen molar-refractivity contribution in [1.29, 1.82) is 0 Å². The van der Waals surface area contributed by atoms with Gasteiger partial charge in [-0.1, -0.05) is 42.5 Å². The lowest BCUT2D eigenvalue weighted by Crippen LogP contribution is -2.39. The van der Waals surface area contributed by atoms with Gasteiger partial charge in [-0.3, -0.25) is 0 Å². The molecule has 2 rings (SSSR count). The molecule has 2 atom stereocenters. The number of hydrogen-bond donors (Lipinski definition) is 1. The number of halogens is 1. The van der Waals surface area contributed by atoms with E-state index in [0.717, 1.165) is 11.1 Å². The van der Waals surface area contributed by atoms with E-state index in [2.05, 4.69) is 0 Å². The number of ether oxygens (including phenoxy) is 1. The number of alkyl halides is 1. The maximum atomic E-state index is 11.9. The summed E-state index contributed by atoms with van der Waals surface area (Å²) in [4.78, 5) is 11.9. The van der Waals surface area contributed by atoms with Gasteiger partial charge in [0.2, 0.25) is 0 Å². The molecule has 0 saturated carbocycles. The fourth-order valence-electron chi connectivity index (χ4n) is 1.94. The van der Waals surface area contributed by atoms with Crippen molar-refractivity contribution in [2.75, 3.05) is 6.61 Å². The summed E-state index contributed by atoms with van der Waals surface area (Å²) in [5.41, 5.74) is 0.437. The van der Waals surface area contributed by atoms with Crippen LogP contribution in [-0.4, -0.2) is 28.7 Å². The van der Waals surface area contributed by atoms with E-state index in [4.69, 9.17) is 16.3 Å². The van der Waals surface area contributed by atoms with Crippen molar-refractivity contribution in [3.63, 3.8) is 0 Å². The molecule has 0 saturated heterocycles. The third-order valence-electron chi connectivity index (χ3n) is 3.08. The van der Waals surface area contributed by atoms with E-state index in [9.17, 15) is 9.90 Å². The summed E-state index contributed by atoms with van der Waals surface area (Å²) in [6.45, 7) is 1.81. The average molecular weight is 293 g/mol. The van der Waals surface area contributed by atoms with Crippen LogP contribution in [0.3, 0.4) is 0 Å². The molecule has 20 heavy (non-hydrogen) atoms. The lowest BCUT2D eigenvalue weighted by atomic mass is 9.89. The van der Waals surface area contributed by atoms with Crippen LogP contribution in [0.25, 0.3) is 5.57 Å². The molecule has 0 radical (unpaired) electrons. The second kappa shape index (κ2) is 6.25. The highest BCUT2D eigenvalue weighted by molar-refractivity contribution is 6.20. The van der Waals surface area contributed by atoms with E-state index in [1.54, 1.807) is 13.0 Å². The van der Waals surface area contributed by atoms with Crippen molar-refractivity contribution in [2.24, 2.45) is 0 Å². The fraction of sp³-hybridized carbons (Fsp3) is 0.312. The molecule has 2 unspecified atom stereocenters. The highest BCUT2D eigenvalue weighted by atomic mass is 35.5. The van der Waals surface area contributed by atoms with Gasteiger partial charge in [-0.25, -0.2) is 4.79 Å². The van der Waals surface area contributed by atoms with E-state index in [1.807, 2.05) is 36.4 Å². The molecule has 0 amide bonds. The zero-order valence-corrected chi connectivity index (χ0v) is 12.0. The Kier molecular flexibility index (Phi) is 4.63. The van der Waals surface area contributed by atoms with Crippen LogP contribution in [0.1, 0.15) is 18.9 Å². The first kappa shape index (κ1) is 14.8. The number of aliphatic hydroxyl groups is 1. The Morgan fingerprint density at radius 2 is 2.15 bits per heavy atom. The van der Waals surface area contributed by atoms with Crippen molar-refractivity contribution in [2.45, 2.75) is 24.3 Å². The van der Waals surface area contributed by atoms with E-state index >= 15 is 0 Å². The van der Waals surface area contributed by atoms with Gasteiger partial charge in [-0.2, -0.15) is 0 Å². The van der Waals surface area contributed by atoms with Gasteiger partial charge < -0.3 is 9.84 Å². The topological polar surface area (TPSA) is 46.5 Å². The molecule has 0 aliphatic heterocycles. The quantitative estimate of drug-likeness (QED) is 0.685. The second-order valence-electron chi connectivity index (χ2n) is 4.87. The normalized spacial score (nSPS) is 23.1. The van der Waals surface area contributed by atoms with Crippen LogP contribution in [0.2, 0.25) is 0 Å². The zero-order chi connectivity index (χ0) is 14.6. The van der Waals surface area contributed by atoms with Crippen molar-refractivity contribution in [1.82, 2.24) is 0 Å². The molecular formula is C16H17ClO3.